The lowest BCUT2D eigenvalue weighted by Crippen LogP contribution is -2.04. The van der Waals surface area contributed by atoms with E-state index in [0.29, 0.717) is 12.0 Å². The molecule has 0 fully saturated rings. The van der Waals surface area contributed by atoms with E-state index in [1.807, 2.05) is 36.4 Å². The Morgan fingerprint density at radius 2 is 1.80 bits per heavy atom. The van der Waals surface area contributed by atoms with Crippen molar-refractivity contribution in [2.24, 2.45) is 0 Å². The van der Waals surface area contributed by atoms with Crippen molar-refractivity contribution < 1.29 is 9.53 Å². The van der Waals surface area contributed by atoms with Crippen LogP contribution in [-0.2, 0) is 6.42 Å². The fourth-order valence-electron chi connectivity index (χ4n) is 1.81. The zero-order chi connectivity index (χ0) is 14.7. The Balaban J connectivity index is 2.23. The summed E-state index contributed by atoms with van der Waals surface area (Å²) in [7, 11) is 1.61. The van der Waals surface area contributed by atoms with Gasteiger partial charge >= 0.3 is 0 Å². The minimum atomic E-state index is 0.0650. The molecule has 0 atom stereocenters. The van der Waals surface area contributed by atoms with E-state index in [-0.39, 0.29) is 5.78 Å². The number of rotatable bonds is 4. The molecule has 0 aliphatic carbocycles. The first kappa shape index (κ1) is 15.7. The van der Waals surface area contributed by atoms with Gasteiger partial charge in [0.25, 0.3) is 0 Å². The van der Waals surface area contributed by atoms with Crippen LogP contribution in [0.5, 0.6) is 5.75 Å². The van der Waals surface area contributed by atoms with Crippen molar-refractivity contribution >= 4 is 53.6 Å². The Morgan fingerprint density at radius 1 is 1.05 bits per heavy atom. The van der Waals surface area contributed by atoms with E-state index < -0.39 is 0 Å². The van der Waals surface area contributed by atoms with Gasteiger partial charge < -0.3 is 4.74 Å². The Bertz CT molecular complexity index is 654. The molecule has 2 nitrogen and oxygen atoms in total. The number of carbonyl (C=O) groups excluding carboxylic acids is 1. The van der Waals surface area contributed by atoms with Gasteiger partial charge in [0.15, 0.2) is 5.78 Å². The number of hydrogen-bond donors (Lipinski definition) is 0. The summed E-state index contributed by atoms with van der Waals surface area (Å²) in [5.41, 5.74) is 1.61. The molecule has 0 amide bonds. The summed E-state index contributed by atoms with van der Waals surface area (Å²) >= 11 is 10.2. The summed E-state index contributed by atoms with van der Waals surface area (Å²) in [5.74, 6) is 0.820. The molecule has 0 unspecified atom stereocenters. The van der Waals surface area contributed by atoms with Crippen LogP contribution >= 0.6 is 47.8 Å². The lowest BCUT2D eigenvalue weighted by molar-refractivity contribution is 0.0992. The molecule has 0 aliphatic rings. The van der Waals surface area contributed by atoms with Crippen LogP contribution in [0, 0.1) is 0 Å². The minimum absolute atomic E-state index is 0.0650. The van der Waals surface area contributed by atoms with E-state index in [1.54, 1.807) is 7.11 Å². The molecule has 0 saturated heterocycles. The molecule has 0 aromatic heterocycles. The van der Waals surface area contributed by atoms with Crippen molar-refractivity contribution in [3.05, 3.63) is 60.9 Å². The highest BCUT2D eigenvalue weighted by molar-refractivity contribution is 9.11. The molecule has 20 heavy (non-hydrogen) atoms. The van der Waals surface area contributed by atoms with Crippen molar-refractivity contribution in [2.75, 3.05) is 7.11 Å². The molecule has 0 heterocycles. The largest absolute Gasteiger partial charge is 0.496 e. The zero-order valence-electron chi connectivity index (χ0n) is 10.6. The predicted octanol–water partition coefficient (Wildman–Crippen LogP) is 5.41. The predicted molar refractivity (Wildman–Crippen MR) is 90.6 cm³/mol. The molecule has 2 rings (SSSR count). The topological polar surface area (TPSA) is 26.3 Å². The van der Waals surface area contributed by atoms with Crippen LogP contribution in [0.25, 0.3) is 0 Å². The van der Waals surface area contributed by atoms with Crippen LogP contribution < -0.4 is 4.74 Å². The first-order chi connectivity index (χ1) is 9.51. The number of halogens is 3. The highest BCUT2D eigenvalue weighted by Gasteiger charge is 2.12. The summed E-state index contributed by atoms with van der Waals surface area (Å²) in [6.07, 6.45) is 0.345. The molecular formula is C15H11Br3O2. The smallest absolute Gasteiger partial charge is 0.168 e. The van der Waals surface area contributed by atoms with E-state index in [2.05, 4.69) is 47.8 Å². The van der Waals surface area contributed by atoms with Gasteiger partial charge in [0.05, 0.1) is 11.6 Å². The lowest BCUT2D eigenvalue weighted by atomic mass is 10.0. The summed E-state index contributed by atoms with van der Waals surface area (Å²) in [4.78, 5) is 12.4. The third kappa shape index (κ3) is 3.71. The molecule has 0 bridgehead atoms. The summed E-state index contributed by atoms with van der Waals surface area (Å²) in [6.45, 7) is 0. The van der Waals surface area contributed by atoms with Crippen molar-refractivity contribution in [3.8, 4) is 5.75 Å². The second-order valence-electron chi connectivity index (χ2n) is 4.19. The second kappa shape index (κ2) is 6.87. The number of carbonyl (C=O) groups is 1. The Hall–Kier alpha value is -0.650. The second-order valence-corrected chi connectivity index (χ2v) is 6.82. The SMILES string of the molecule is COc1ccc(CC(=O)c2cc(Br)ccc2Br)cc1Br. The average molecular weight is 463 g/mol. The van der Waals surface area contributed by atoms with Crippen LogP contribution in [0.1, 0.15) is 15.9 Å². The maximum absolute atomic E-state index is 12.4. The number of benzene rings is 2. The molecule has 104 valence electrons. The molecule has 2 aromatic rings. The first-order valence-electron chi connectivity index (χ1n) is 5.82. The number of Topliss-reactive ketones (excluding diaryl/α,β-unsaturated/α-hetero) is 1. The summed E-state index contributed by atoms with van der Waals surface area (Å²) < 4.78 is 7.72. The van der Waals surface area contributed by atoms with E-state index in [0.717, 1.165) is 24.7 Å². The van der Waals surface area contributed by atoms with Gasteiger partial charge in [0.2, 0.25) is 0 Å². The van der Waals surface area contributed by atoms with Gasteiger partial charge in [0, 0.05) is 20.9 Å². The Labute approximate surface area is 142 Å². The number of ketones is 1. The highest BCUT2D eigenvalue weighted by atomic mass is 79.9. The van der Waals surface area contributed by atoms with E-state index in [9.17, 15) is 4.79 Å². The average Bonchev–Trinajstić information content (AvgIpc) is 2.41. The van der Waals surface area contributed by atoms with Crippen molar-refractivity contribution in [1.82, 2.24) is 0 Å². The van der Waals surface area contributed by atoms with E-state index in [1.165, 1.54) is 0 Å². The molecule has 0 saturated carbocycles. The third-order valence-corrected chi connectivity index (χ3v) is 4.61. The maximum Gasteiger partial charge on any atom is 0.168 e. The van der Waals surface area contributed by atoms with E-state index in [4.69, 9.17) is 4.74 Å². The van der Waals surface area contributed by atoms with Crippen molar-refractivity contribution in [2.45, 2.75) is 6.42 Å². The quantitative estimate of drug-likeness (QED) is 0.568. The van der Waals surface area contributed by atoms with Gasteiger partial charge in [-0.25, -0.2) is 0 Å². The molecule has 2 aromatic carbocycles. The normalized spacial score (nSPS) is 10.4. The van der Waals surface area contributed by atoms with Gasteiger partial charge in [-0.05, 0) is 51.8 Å². The number of methoxy groups -OCH3 is 1. The van der Waals surface area contributed by atoms with Gasteiger partial charge in [-0.1, -0.05) is 37.9 Å². The van der Waals surface area contributed by atoms with Gasteiger partial charge in [-0.15, -0.1) is 0 Å². The fraction of sp³-hybridized carbons (Fsp3) is 0.133. The minimum Gasteiger partial charge on any atom is -0.496 e. The Morgan fingerprint density at radius 3 is 2.45 bits per heavy atom. The first-order valence-corrected chi connectivity index (χ1v) is 8.20. The standard InChI is InChI=1S/C15H11Br3O2/c1-20-15-5-2-9(6-13(15)18)7-14(19)11-8-10(16)3-4-12(11)17/h2-6,8H,7H2,1H3. The van der Waals surface area contributed by atoms with Crippen LogP contribution in [0.4, 0.5) is 0 Å². The molecule has 0 radical (unpaired) electrons. The Kier molecular flexibility index (Phi) is 5.41. The van der Waals surface area contributed by atoms with E-state index >= 15 is 0 Å². The van der Waals surface area contributed by atoms with Crippen LogP contribution in [0.3, 0.4) is 0 Å². The van der Waals surface area contributed by atoms with Crippen LogP contribution in [0.15, 0.2) is 49.8 Å². The number of ether oxygens (including phenoxy) is 1. The van der Waals surface area contributed by atoms with Crippen molar-refractivity contribution in [1.29, 1.82) is 0 Å². The third-order valence-electron chi connectivity index (χ3n) is 2.81. The fourth-order valence-corrected chi connectivity index (χ4v) is 3.23. The molecule has 0 N–H and O–H groups in total. The van der Waals surface area contributed by atoms with Gasteiger partial charge in [-0.2, -0.15) is 0 Å². The molecule has 5 heteroatoms. The number of hydrogen-bond acceptors (Lipinski definition) is 2. The zero-order valence-corrected chi connectivity index (χ0v) is 15.4. The van der Waals surface area contributed by atoms with Crippen LogP contribution in [0.2, 0.25) is 0 Å². The lowest BCUT2D eigenvalue weighted by Gasteiger charge is -2.07. The summed E-state index contributed by atoms with van der Waals surface area (Å²) in [6, 6.07) is 11.2. The molecule has 0 aliphatic heterocycles. The summed E-state index contributed by atoms with van der Waals surface area (Å²) in [5, 5.41) is 0. The van der Waals surface area contributed by atoms with Gasteiger partial charge in [-0.3, -0.25) is 4.79 Å². The monoisotopic (exact) mass is 460 g/mol. The van der Waals surface area contributed by atoms with Crippen LogP contribution in [-0.4, -0.2) is 12.9 Å². The maximum atomic E-state index is 12.4. The molecular weight excluding hydrogens is 452 g/mol. The molecule has 0 spiro atoms. The van der Waals surface area contributed by atoms with Crippen molar-refractivity contribution in [3.63, 3.8) is 0 Å². The van der Waals surface area contributed by atoms with Gasteiger partial charge in [0.1, 0.15) is 5.75 Å². The highest BCUT2D eigenvalue weighted by Crippen LogP contribution is 2.27.